The van der Waals surface area contributed by atoms with Gasteiger partial charge in [-0.2, -0.15) is 0 Å². The van der Waals surface area contributed by atoms with E-state index < -0.39 is 225 Å². The molecule has 1 aromatic heterocycles. The standard InChI is InChI=1S/C60H64O34/c61-19-35-44(71)48(75)52(79)57(91-35)86-28-9-3-24(4-10-28)6-12-41(68)84-21-37-46(73)50(77)54(81)59(93-37)89-33-14-25(13-32(43(33)70)88-58-53(80)49(76)45(72)36(92-58)20-83-40(67)11-5-23-1-7-26(62)8-2-23)56-34(17-29-30(64)15-27(63)16-31(29)87-56)90-60-55(82)51(78)47(74)38(94-60)22-85-42(69)18-39(65)66/h1-17,35-38,44-55,57-61,71-82H,18-22H2,(H4-,62,63,64,65,66,67,70)/p+1/b12-6+. The molecule has 4 aliphatic rings. The molecule has 0 bridgehead atoms. The summed E-state index contributed by atoms with van der Waals surface area (Å²) in [5.74, 6) is -10.1. The summed E-state index contributed by atoms with van der Waals surface area (Å²) >= 11 is 0. The number of hydrogen-bond acceptors (Lipinski definition) is 32. The van der Waals surface area contributed by atoms with Crippen LogP contribution in [0, 0.1) is 0 Å². The average Bonchev–Trinajstić information content (AvgIpc) is 0.767. The monoisotopic (exact) mass is 1330 g/mol. The number of phenols is 4. The van der Waals surface area contributed by atoms with E-state index in [9.17, 15) is 106 Å². The zero-order valence-electron chi connectivity index (χ0n) is 48.5. The summed E-state index contributed by atoms with van der Waals surface area (Å²) in [6.07, 6.45) is -35.1. The second-order valence-corrected chi connectivity index (χ2v) is 21.7. The Balaban J connectivity index is 1.00. The van der Waals surface area contributed by atoms with Crippen LogP contribution < -0.4 is 18.9 Å². The zero-order valence-corrected chi connectivity index (χ0v) is 48.5. The van der Waals surface area contributed by atoms with Gasteiger partial charge in [0.05, 0.1) is 18.2 Å². The molecule has 508 valence electrons. The highest BCUT2D eigenvalue weighted by atomic mass is 16.7. The van der Waals surface area contributed by atoms with E-state index in [0.717, 1.165) is 42.5 Å². The highest BCUT2D eigenvalue weighted by Crippen LogP contribution is 2.47. The molecule has 4 aromatic carbocycles. The van der Waals surface area contributed by atoms with E-state index in [-0.39, 0.29) is 22.5 Å². The van der Waals surface area contributed by atoms with Crippen LogP contribution in [0.5, 0.6) is 46.0 Å². The summed E-state index contributed by atoms with van der Waals surface area (Å²) in [5.41, 5.74) is 0.0566. The summed E-state index contributed by atoms with van der Waals surface area (Å²) in [6, 6.07) is 16.0. The molecule has 34 nitrogen and oxygen atoms in total. The van der Waals surface area contributed by atoms with Gasteiger partial charge in [0.1, 0.15) is 152 Å². The van der Waals surface area contributed by atoms with Crippen molar-refractivity contribution >= 4 is 47.0 Å². The molecule has 5 heterocycles. The van der Waals surface area contributed by atoms with Crippen molar-refractivity contribution in [1.29, 1.82) is 0 Å². The number of carbonyl (C=O) groups is 4. The van der Waals surface area contributed by atoms with Gasteiger partial charge in [0, 0.05) is 36.4 Å². The van der Waals surface area contributed by atoms with Crippen LogP contribution in [0.1, 0.15) is 17.5 Å². The Bertz CT molecular complexity index is 3530. The highest BCUT2D eigenvalue weighted by Gasteiger charge is 2.50. The Kier molecular flexibility index (Phi) is 22.4. The lowest BCUT2D eigenvalue weighted by molar-refractivity contribution is -0.279. The molecule has 0 radical (unpaired) electrons. The van der Waals surface area contributed by atoms with Gasteiger partial charge in [-0.05, 0) is 47.5 Å². The van der Waals surface area contributed by atoms with E-state index in [1.165, 1.54) is 60.7 Å². The Hall–Kier alpha value is -8.63. The van der Waals surface area contributed by atoms with Gasteiger partial charge >= 0.3 is 35.2 Å². The van der Waals surface area contributed by atoms with Crippen molar-refractivity contribution in [3.8, 4) is 57.3 Å². The predicted molar refractivity (Wildman–Crippen MR) is 305 cm³/mol. The number of esters is 3. The molecule has 18 N–H and O–H groups in total. The fourth-order valence-electron chi connectivity index (χ4n) is 9.84. The van der Waals surface area contributed by atoms with Gasteiger partial charge in [-0.1, -0.05) is 24.3 Å². The smallest absolute Gasteiger partial charge is 0.402 e. The molecule has 94 heavy (non-hydrogen) atoms. The molecule has 4 fully saturated rings. The number of carboxylic acids is 1. The predicted octanol–water partition coefficient (Wildman–Crippen LogP) is -3.53. The maximum atomic E-state index is 13.1. The second-order valence-electron chi connectivity index (χ2n) is 21.7. The molecular weight excluding hydrogens is 1260 g/mol. The molecule has 20 atom stereocenters. The van der Waals surface area contributed by atoms with Gasteiger partial charge in [0.25, 0.3) is 0 Å². The quantitative estimate of drug-likeness (QED) is 0.0105. The van der Waals surface area contributed by atoms with E-state index in [0.29, 0.717) is 11.1 Å². The Morgan fingerprint density at radius 3 is 1.33 bits per heavy atom. The molecule has 0 spiro atoms. The number of aromatic hydroxyl groups is 4. The van der Waals surface area contributed by atoms with Crippen molar-refractivity contribution in [3.63, 3.8) is 0 Å². The van der Waals surface area contributed by atoms with Crippen LogP contribution in [0.25, 0.3) is 34.4 Å². The Labute approximate surface area is 528 Å². The minimum absolute atomic E-state index is 0.0489. The van der Waals surface area contributed by atoms with E-state index in [1.54, 1.807) is 0 Å². The van der Waals surface area contributed by atoms with E-state index >= 15 is 0 Å². The molecule has 9 rings (SSSR count). The first-order valence-electron chi connectivity index (χ1n) is 28.4. The SMILES string of the molecule is O=C(O)CC(=O)OCC1OC(Oc2cc3c(O)cc(O)cc3[o+]c2-c2cc(OC3OC(COC(=O)/C=C/c4ccc(O)cc4)C(O)C(O)C3O)c(O)c(OC3OC(COC(=O)/C=C/c4ccc(OC5OC(CO)C(O)C(O)C5O)cc4)C(O)C(O)C3O)c2)C(O)C(O)C1O. The number of phenolic OH excluding ortho intramolecular Hbond substituents is 4. The van der Waals surface area contributed by atoms with Crippen molar-refractivity contribution in [3.05, 3.63) is 102 Å². The van der Waals surface area contributed by atoms with E-state index in [2.05, 4.69) is 0 Å². The molecule has 4 aliphatic heterocycles. The number of carboxylic acid groups (broad SMARTS) is 1. The van der Waals surface area contributed by atoms with E-state index in [4.69, 9.17) is 61.6 Å². The number of aliphatic hydroxyl groups excluding tert-OH is 13. The van der Waals surface area contributed by atoms with Gasteiger partial charge in [0.2, 0.25) is 36.7 Å². The number of fused-ring (bicyclic) bond motifs is 1. The van der Waals surface area contributed by atoms with Crippen LogP contribution in [-0.4, -0.2) is 265 Å². The third-order valence-corrected chi connectivity index (χ3v) is 15.0. The number of aliphatic carboxylic acids is 1. The van der Waals surface area contributed by atoms with Crippen LogP contribution in [0.4, 0.5) is 0 Å². The van der Waals surface area contributed by atoms with Gasteiger partial charge < -0.3 is 144 Å². The van der Waals surface area contributed by atoms with E-state index in [1.807, 2.05) is 0 Å². The average molecular weight is 1330 g/mol. The lowest BCUT2D eigenvalue weighted by Gasteiger charge is -2.40. The molecular formula is C60H65O34+. The third kappa shape index (κ3) is 16.3. The number of carbonyl (C=O) groups excluding carboxylic acids is 3. The number of aliphatic hydroxyl groups is 13. The highest BCUT2D eigenvalue weighted by molar-refractivity contribution is 5.91. The lowest BCUT2D eigenvalue weighted by Crippen LogP contribution is -2.60. The number of hydrogen-bond donors (Lipinski definition) is 18. The molecule has 0 aliphatic carbocycles. The summed E-state index contributed by atoms with van der Waals surface area (Å²) in [7, 11) is 0. The first-order chi connectivity index (χ1) is 44.7. The largest absolute Gasteiger partial charge is 0.508 e. The third-order valence-electron chi connectivity index (χ3n) is 15.0. The summed E-state index contributed by atoms with van der Waals surface area (Å²) in [5, 5.41) is 192. The topological polar surface area (TPSA) is 545 Å². The summed E-state index contributed by atoms with van der Waals surface area (Å²) in [4.78, 5) is 49.1. The zero-order chi connectivity index (χ0) is 68.0. The second kappa shape index (κ2) is 30.2. The van der Waals surface area contributed by atoms with Crippen molar-refractivity contribution in [1.82, 2.24) is 0 Å². The Morgan fingerprint density at radius 1 is 0.457 bits per heavy atom. The Morgan fingerprint density at radius 2 is 0.872 bits per heavy atom. The maximum absolute atomic E-state index is 13.1. The molecule has 0 amide bonds. The van der Waals surface area contributed by atoms with Crippen LogP contribution in [0.3, 0.4) is 0 Å². The minimum atomic E-state index is -2.24. The lowest BCUT2D eigenvalue weighted by atomic mass is 9.99. The van der Waals surface area contributed by atoms with Crippen LogP contribution in [-0.2, 0) is 52.3 Å². The molecule has 0 saturated carbocycles. The van der Waals surface area contributed by atoms with Gasteiger partial charge in [0.15, 0.2) is 11.5 Å². The summed E-state index contributed by atoms with van der Waals surface area (Å²) < 4.78 is 67.7. The normalized spacial score (nSPS) is 31.2. The number of ether oxygens (including phenoxy) is 11. The van der Waals surface area contributed by atoms with Crippen LogP contribution in [0.15, 0.2) is 95.4 Å². The molecule has 5 aromatic rings. The first kappa shape index (κ1) is 69.7. The number of rotatable bonds is 22. The molecule has 20 unspecified atom stereocenters. The minimum Gasteiger partial charge on any atom is -0.508 e. The van der Waals surface area contributed by atoms with Crippen molar-refractivity contribution in [2.24, 2.45) is 0 Å². The first-order valence-corrected chi connectivity index (χ1v) is 28.4. The van der Waals surface area contributed by atoms with Crippen LogP contribution in [0.2, 0.25) is 0 Å². The maximum Gasteiger partial charge on any atom is 0.402 e. The van der Waals surface area contributed by atoms with Crippen LogP contribution >= 0.6 is 0 Å². The van der Waals surface area contributed by atoms with Gasteiger partial charge in [-0.15, -0.1) is 0 Å². The molecule has 34 heteroatoms. The van der Waals surface area contributed by atoms with Gasteiger partial charge in [-0.3, -0.25) is 9.59 Å². The fraction of sp³-hybridized carbons (Fsp3) is 0.417. The van der Waals surface area contributed by atoms with Gasteiger partial charge in [-0.25, -0.2) is 14.0 Å². The van der Waals surface area contributed by atoms with Crippen molar-refractivity contribution < 1.29 is 168 Å². The fourth-order valence-corrected chi connectivity index (χ4v) is 9.84. The number of benzene rings is 4. The van der Waals surface area contributed by atoms with Crippen molar-refractivity contribution in [2.45, 2.75) is 129 Å². The van der Waals surface area contributed by atoms with Crippen molar-refractivity contribution in [2.75, 3.05) is 26.4 Å². The molecule has 4 saturated heterocycles. The summed E-state index contributed by atoms with van der Waals surface area (Å²) in [6.45, 7) is -3.28.